The minimum absolute atomic E-state index is 0.618. The fourth-order valence-electron chi connectivity index (χ4n) is 1.96. The van der Waals surface area contributed by atoms with Crippen molar-refractivity contribution in [1.82, 2.24) is 5.32 Å². The normalized spacial score (nSPS) is 10.4. The van der Waals surface area contributed by atoms with Crippen molar-refractivity contribution in [2.75, 3.05) is 6.54 Å². The lowest BCUT2D eigenvalue weighted by Gasteiger charge is -2.10. The minimum atomic E-state index is 0.618. The van der Waals surface area contributed by atoms with E-state index in [1.807, 2.05) is 24.3 Å². The minimum Gasteiger partial charge on any atom is -0.489 e. The second-order valence-electron chi connectivity index (χ2n) is 4.64. The topological polar surface area (TPSA) is 21.3 Å². The van der Waals surface area contributed by atoms with Crippen molar-refractivity contribution in [1.29, 1.82) is 0 Å². The highest BCUT2D eigenvalue weighted by molar-refractivity contribution is 5.35. The Kier molecular flexibility index (Phi) is 4.99. The molecule has 0 radical (unpaired) electrons. The largest absolute Gasteiger partial charge is 0.489 e. The van der Waals surface area contributed by atoms with Crippen molar-refractivity contribution in [2.45, 2.75) is 27.0 Å². The van der Waals surface area contributed by atoms with Gasteiger partial charge >= 0.3 is 0 Å². The van der Waals surface area contributed by atoms with Crippen molar-refractivity contribution in [2.24, 2.45) is 0 Å². The maximum absolute atomic E-state index is 5.81. The number of hydrogen-bond acceptors (Lipinski definition) is 2. The van der Waals surface area contributed by atoms with Crippen LogP contribution in [0.4, 0.5) is 0 Å². The van der Waals surface area contributed by atoms with Crippen molar-refractivity contribution in [3.63, 3.8) is 0 Å². The summed E-state index contributed by atoms with van der Waals surface area (Å²) in [5.41, 5.74) is 3.79. The average Bonchev–Trinajstić information content (AvgIpc) is 2.45. The van der Waals surface area contributed by atoms with Gasteiger partial charge in [0.1, 0.15) is 12.4 Å². The molecule has 0 atom stereocenters. The van der Waals surface area contributed by atoms with E-state index in [1.165, 1.54) is 16.7 Å². The monoisotopic (exact) mass is 255 g/mol. The first kappa shape index (κ1) is 13.6. The van der Waals surface area contributed by atoms with E-state index >= 15 is 0 Å². The lowest BCUT2D eigenvalue weighted by atomic mass is 10.1. The second-order valence-corrected chi connectivity index (χ2v) is 4.64. The maximum atomic E-state index is 5.81. The molecular formula is C17H21NO. The van der Waals surface area contributed by atoms with E-state index in [0.717, 1.165) is 18.8 Å². The second kappa shape index (κ2) is 6.95. The number of nitrogens with one attached hydrogen (secondary N) is 1. The number of hydrogen-bond donors (Lipinski definition) is 1. The molecule has 0 aromatic heterocycles. The van der Waals surface area contributed by atoms with E-state index in [9.17, 15) is 0 Å². The first-order chi connectivity index (χ1) is 9.29. The zero-order chi connectivity index (χ0) is 13.5. The van der Waals surface area contributed by atoms with Gasteiger partial charge < -0.3 is 10.1 Å². The number of ether oxygens (including phenoxy) is 1. The van der Waals surface area contributed by atoms with Gasteiger partial charge in [0.2, 0.25) is 0 Å². The van der Waals surface area contributed by atoms with Crippen LogP contribution >= 0.6 is 0 Å². The Morgan fingerprint density at radius 2 is 1.84 bits per heavy atom. The standard InChI is InChI=1S/C17H21NO/c1-3-18-12-16-9-10-17(11-14(16)2)19-13-15-7-5-4-6-8-15/h4-11,18H,3,12-13H2,1-2H3. The highest BCUT2D eigenvalue weighted by Crippen LogP contribution is 2.18. The van der Waals surface area contributed by atoms with Crippen LogP contribution in [-0.4, -0.2) is 6.54 Å². The zero-order valence-electron chi connectivity index (χ0n) is 11.6. The molecule has 2 nitrogen and oxygen atoms in total. The third-order valence-corrected chi connectivity index (χ3v) is 3.13. The summed E-state index contributed by atoms with van der Waals surface area (Å²) >= 11 is 0. The number of rotatable bonds is 6. The van der Waals surface area contributed by atoms with Gasteiger partial charge in [-0.25, -0.2) is 0 Å². The van der Waals surface area contributed by atoms with Crippen LogP contribution < -0.4 is 10.1 Å². The average molecular weight is 255 g/mol. The Labute approximate surface area is 115 Å². The molecule has 0 aliphatic heterocycles. The first-order valence-corrected chi connectivity index (χ1v) is 6.76. The number of aryl methyl sites for hydroxylation is 1. The molecule has 0 heterocycles. The summed E-state index contributed by atoms with van der Waals surface area (Å²) in [5.74, 6) is 0.932. The highest BCUT2D eigenvalue weighted by atomic mass is 16.5. The van der Waals surface area contributed by atoms with Gasteiger partial charge in [-0.1, -0.05) is 43.3 Å². The molecule has 0 amide bonds. The van der Waals surface area contributed by atoms with Crippen LogP contribution in [0.15, 0.2) is 48.5 Å². The van der Waals surface area contributed by atoms with Crippen LogP contribution in [0, 0.1) is 6.92 Å². The molecule has 0 saturated carbocycles. The van der Waals surface area contributed by atoms with Crippen molar-refractivity contribution >= 4 is 0 Å². The van der Waals surface area contributed by atoms with E-state index in [4.69, 9.17) is 4.74 Å². The lowest BCUT2D eigenvalue weighted by molar-refractivity contribution is 0.306. The van der Waals surface area contributed by atoms with Gasteiger partial charge in [0, 0.05) is 6.54 Å². The summed E-state index contributed by atoms with van der Waals surface area (Å²) in [4.78, 5) is 0. The number of benzene rings is 2. The Hall–Kier alpha value is -1.80. The Balaban J connectivity index is 1.96. The zero-order valence-corrected chi connectivity index (χ0v) is 11.6. The SMILES string of the molecule is CCNCc1ccc(OCc2ccccc2)cc1C. The fourth-order valence-corrected chi connectivity index (χ4v) is 1.96. The predicted octanol–water partition coefficient (Wildman–Crippen LogP) is 3.68. The maximum Gasteiger partial charge on any atom is 0.120 e. The van der Waals surface area contributed by atoms with Gasteiger partial charge in [-0.05, 0) is 42.3 Å². The quantitative estimate of drug-likeness (QED) is 0.850. The summed E-state index contributed by atoms with van der Waals surface area (Å²) in [7, 11) is 0. The Morgan fingerprint density at radius 3 is 2.53 bits per heavy atom. The van der Waals surface area contributed by atoms with Gasteiger partial charge in [0.15, 0.2) is 0 Å². The Bertz CT molecular complexity index is 508. The molecule has 19 heavy (non-hydrogen) atoms. The molecule has 2 aromatic carbocycles. The molecule has 100 valence electrons. The molecule has 0 aliphatic rings. The summed E-state index contributed by atoms with van der Waals surface area (Å²) in [5, 5.41) is 3.34. The molecule has 0 spiro atoms. The van der Waals surface area contributed by atoms with Crippen LogP contribution in [0.25, 0.3) is 0 Å². The van der Waals surface area contributed by atoms with Gasteiger partial charge in [0.05, 0.1) is 0 Å². The molecule has 0 bridgehead atoms. The van der Waals surface area contributed by atoms with Crippen LogP contribution in [-0.2, 0) is 13.2 Å². The molecular weight excluding hydrogens is 234 g/mol. The smallest absolute Gasteiger partial charge is 0.120 e. The molecule has 0 saturated heterocycles. The molecule has 2 heteroatoms. The van der Waals surface area contributed by atoms with E-state index < -0.39 is 0 Å². The van der Waals surface area contributed by atoms with Crippen LogP contribution in [0.5, 0.6) is 5.75 Å². The third-order valence-electron chi connectivity index (χ3n) is 3.13. The molecule has 0 aliphatic carbocycles. The van der Waals surface area contributed by atoms with E-state index in [0.29, 0.717) is 6.61 Å². The summed E-state index contributed by atoms with van der Waals surface area (Å²) in [6, 6.07) is 16.5. The summed E-state index contributed by atoms with van der Waals surface area (Å²) < 4.78 is 5.81. The van der Waals surface area contributed by atoms with Crippen molar-refractivity contribution in [3.05, 3.63) is 65.2 Å². The predicted molar refractivity (Wildman–Crippen MR) is 79.3 cm³/mol. The van der Waals surface area contributed by atoms with Crippen molar-refractivity contribution in [3.8, 4) is 5.75 Å². The van der Waals surface area contributed by atoms with Gasteiger partial charge in [0.25, 0.3) is 0 Å². The lowest BCUT2D eigenvalue weighted by Crippen LogP contribution is -2.12. The van der Waals surface area contributed by atoms with Gasteiger partial charge in [-0.15, -0.1) is 0 Å². The van der Waals surface area contributed by atoms with Gasteiger partial charge in [-0.2, -0.15) is 0 Å². The van der Waals surface area contributed by atoms with Crippen LogP contribution in [0.1, 0.15) is 23.6 Å². The molecule has 0 unspecified atom stereocenters. The van der Waals surface area contributed by atoms with Crippen LogP contribution in [0.3, 0.4) is 0 Å². The third kappa shape index (κ3) is 4.11. The molecule has 0 fully saturated rings. The summed E-state index contributed by atoms with van der Waals surface area (Å²) in [6.45, 7) is 6.77. The first-order valence-electron chi connectivity index (χ1n) is 6.76. The van der Waals surface area contributed by atoms with Gasteiger partial charge in [-0.3, -0.25) is 0 Å². The van der Waals surface area contributed by atoms with Crippen molar-refractivity contribution < 1.29 is 4.74 Å². The van der Waals surface area contributed by atoms with E-state index in [1.54, 1.807) is 0 Å². The van der Waals surface area contributed by atoms with E-state index in [-0.39, 0.29) is 0 Å². The highest BCUT2D eigenvalue weighted by Gasteiger charge is 2.01. The Morgan fingerprint density at radius 1 is 1.05 bits per heavy atom. The molecule has 2 rings (SSSR count). The molecule has 2 aromatic rings. The summed E-state index contributed by atoms with van der Waals surface area (Å²) in [6.07, 6.45) is 0. The van der Waals surface area contributed by atoms with Crippen LogP contribution in [0.2, 0.25) is 0 Å². The van der Waals surface area contributed by atoms with E-state index in [2.05, 4.69) is 43.4 Å². The molecule has 1 N–H and O–H groups in total. The fraction of sp³-hybridized carbons (Fsp3) is 0.294.